The molecule has 0 aliphatic carbocycles. The number of piperidine rings is 1. The molecule has 2 atom stereocenters. The van der Waals surface area contributed by atoms with Crippen molar-refractivity contribution in [3.05, 3.63) is 47.8 Å². The largest absolute Gasteiger partial charge is 0.481 e. The van der Waals surface area contributed by atoms with Crippen LogP contribution in [0.1, 0.15) is 35.3 Å². The lowest BCUT2D eigenvalue weighted by molar-refractivity contribution is -0.145. The van der Waals surface area contributed by atoms with E-state index in [9.17, 15) is 14.7 Å². The zero-order valence-electron chi connectivity index (χ0n) is 16.5. The van der Waals surface area contributed by atoms with E-state index >= 15 is 0 Å². The third kappa shape index (κ3) is 4.00. The second-order valence-corrected chi connectivity index (χ2v) is 7.76. The molecule has 1 unspecified atom stereocenters. The molecule has 7 heteroatoms. The molecule has 2 fully saturated rings. The Kier molecular flexibility index (Phi) is 5.58. The lowest BCUT2D eigenvalue weighted by Gasteiger charge is -2.35. The van der Waals surface area contributed by atoms with Crippen molar-refractivity contribution in [3.8, 4) is 11.4 Å². The molecule has 2 saturated heterocycles. The first-order valence-corrected chi connectivity index (χ1v) is 10.1. The number of ether oxygens (including phenoxy) is 1. The quantitative estimate of drug-likeness (QED) is 0.856. The summed E-state index contributed by atoms with van der Waals surface area (Å²) < 4.78 is 5.72. The number of hydrogen-bond donors (Lipinski definition) is 1. The standard InChI is InChI=1S/C22H25N3O4/c1-14-18(13-23-20(24-14)16-5-3-2-4-6-16)21(26)25-10-7-15(8-11-25)19-17(22(27)28)9-12-29-19/h2-6,13,15,17,19H,7-12H2,1H3,(H,27,28)/t17?,19-/m0/s1. The molecule has 0 saturated carbocycles. The Balaban J connectivity index is 1.41. The van der Waals surface area contributed by atoms with Crippen molar-refractivity contribution in [3.63, 3.8) is 0 Å². The van der Waals surface area contributed by atoms with Crippen molar-refractivity contribution in [2.75, 3.05) is 19.7 Å². The fourth-order valence-corrected chi connectivity index (χ4v) is 4.34. The number of carbonyl (C=O) groups excluding carboxylic acids is 1. The van der Waals surface area contributed by atoms with Crippen LogP contribution in [-0.2, 0) is 9.53 Å². The number of likely N-dealkylation sites (tertiary alicyclic amines) is 1. The van der Waals surface area contributed by atoms with Gasteiger partial charge in [-0.25, -0.2) is 9.97 Å². The molecular weight excluding hydrogens is 370 g/mol. The van der Waals surface area contributed by atoms with E-state index in [0.29, 0.717) is 43.2 Å². The molecule has 152 valence electrons. The van der Waals surface area contributed by atoms with Crippen LogP contribution in [0.25, 0.3) is 11.4 Å². The summed E-state index contributed by atoms with van der Waals surface area (Å²) in [5.41, 5.74) is 2.10. The molecular formula is C22H25N3O4. The number of benzene rings is 1. The Labute approximate surface area is 169 Å². The lowest BCUT2D eigenvalue weighted by atomic mass is 9.84. The van der Waals surface area contributed by atoms with Crippen LogP contribution in [0, 0.1) is 18.8 Å². The molecule has 0 bridgehead atoms. The van der Waals surface area contributed by atoms with Crippen LogP contribution in [0.5, 0.6) is 0 Å². The Hall–Kier alpha value is -2.80. The van der Waals surface area contributed by atoms with Gasteiger partial charge in [-0.1, -0.05) is 30.3 Å². The summed E-state index contributed by atoms with van der Waals surface area (Å²) in [6.45, 7) is 3.52. The van der Waals surface area contributed by atoms with Crippen LogP contribution in [0.3, 0.4) is 0 Å². The number of amides is 1. The molecule has 29 heavy (non-hydrogen) atoms. The van der Waals surface area contributed by atoms with E-state index in [-0.39, 0.29) is 17.9 Å². The maximum Gasteiger partial charge on any atom is 0.309 e. The van der Waals surface area contributed by atoms with Gasteiger partial charge in [0.1, 0.15) is 0 Å². The summed E-state index contributed by atoms with van der Waals surface area (Å²) in [4.78, 5) is 35.1. The van der Waals surface area contributed by atoms with E-state index in [0.717, 1.165) is 18.4 Å². The van der Waals surface area contributed by atoms with E-state index < -0.39 is 11.9 Å². The van der Waals surface area contributed by atoms with E-state index in [1.54, 1.807) is 6.20 Å². The number of aromatic nitrogens is 2. The lowest BCUT2D eigenvalue weighted by Crippen LogP contribution is -2.43. The van der Waals surface area contributed by atoms with Crippen molar-refractivity contribution in [1.29, 1.82) is 0 Å². The zero-order valence-corrected chi connectivity index (χ0v) is 16.5. The molecule has 2 aliphatic rings. The first-order chi connectivity index (χ1) is 14.0. The molecule has 7 nitrogen and oxygen atoms in total. The third-order valence-electron chi connectivity index (χ3n) is 5.99. The predicted molar refractivity (Wildman–Crippen MR) is 106 cm³/mol. The predicted octanol–water partition coefficient (Wildman–Crippen LogP) is 2.79. The first-order valence-electron chi connectivity index (χ1n) is 10.1. The minimum atomic E-state index is -0.780. The Morgan fingerprint density at radius 3 is 2.52 bits per heavy atom. The molecule has 1 amide bonds. The Bertz CT molecular complexity index is 894. The van der Waals surface area contributed by atoms with Crippen molar-refractivity contribution in [2.24, 2.45) is 11.8 Å². The number of carboxylic acids is 1. The molecule has 3 heterocycles. The minimum Gasteiger partial charge on any atom is -0.481 e. The summed E-state index contributed by atoms with van der Waals surface area (Å²) in [6.07, 6.45) is 3.45. The monoisotopic (exact) mass is 395 g/mol. The van der Waals surface area contributed by atoms with Gasteiger partial charge in [-0.2, -0.15) is 0 Å². The van der Waals surface area contributed by atoms with Gasteiger partial charge in [0, 0.05) is 31.5 Å². The van der Waals surface area contributed by atoms with Crippen molar-refractivity contribution >= 4 is 11.9 Å². The highest BCUT2D eigenvalue weighted by molar-refractivity contribution is 5.95. The molecule has 0 radical (unpaired) electrons. The maximum atomic E-state index is 13.0. The van der Waals surface area contributed by atoms with Crippen LogP contribution >= 0.6 is 0 Å². The van der Waals surface area contributed by atoms with Crippen molar-refractivity contribution in [2.45, 2.75) is 32.3 Å². The second-order valence-electron chi connectivity index (χ2n) is 7.76. The first kappa shape index (κ1) is 19.5. The highest BCUT2D eigenvalue weighted by atomic mass is 16.5. The summed E-state index contributed by atoms with van der Waals surface area (Å²) in [6, 6.07) is 9.68. The zero-order chi connectivity index (χ0) is 20.4. The van der Waals surface area contributed by atoms with Gasteiger partial charge in [-0.05, 0) is 32.1 Å². The van der Waals surface area contributed by atoms with Crippen LogP contribution in [0.2, 0.25) is 0 Å². The molecule has 2 aromatic rings. The normalized spacial score (nSPS) is 22.6. The Morgan fingerprint density at radius 1 is 1.14 bits per heavy atom. The highest BCUT2D eigenvalue weighted by Gasteiger charge is 2.41. The van der Waals surface area contributed by atoms with Crippen LogP contribution < -0.4 is 0 Å². The fourth-order valence-electron chi connectivity index (χ4n) is 4.34. The van der Waals surface area contributed by atoms with Gasteiger partial charge in [-0.15, -0.1) is 0 Å². The number of nitrogens with zero attached hydrogens (tertiary/aromatic N) is 3. The summed E-state index contributed by atoms with van der Waals surface area (Å²) in [5.74, 6) is -0.486. The van der Waals surface area contributed by atoms with Gasteiger partial charge in [-0.3, -0.25) is 9.59 Å². The van der Waals surface area contributed by atoms with Crippen molar-refractivity contribution < 1.29 is 19.4 Å². The number of rotatable bonds is 4. The van der Waals surface area contributed by atoms with Gasteiger partial charge in [0.05, 0.1) is 23.3 Å². The van der Waals surface area contributed by atoms with Crippen molar-refractivity contribution in [1.82, 2.24) is 14.9 Å². The molecule has 4 rings (SSSR count). The highest BCUT2D eigenvalue weighted by Crippen LogP contribution is 2.33. The second kappa shape index (κ2) is 8.29. The van der Waals surface area contributed by atoms with E-state index in [1.165, 1.54) is 0 Å². The average Bonchev–Trinajstić information content (AvgIpc) is 3.24. The summed E-state index contributed by atoms with van der Waals surface area (Å²) in [7, 11) is 0. The SMILES string of the molecule is Cc1nc(-c2ccccc2)ncc1C(=O)N1CCC([C@@H]2OCCC2C(=O)O)CC1. The van der Waals surface area contributed by atoms with Gasteiger partial charge < -0.3 is 14.7 Å². The number of aliphatic carboxylic acids is 1. The molecule has 0 spiro atoms. The number of aryl methyl sites for hydroxylation is 1. The smallest absolute Gasteiger partial charge is 0.309 e. The minimum absolute atomic E-state index is 0.0670. The molecule has 1 aromatic carbocycles. The van der Waals surface area contributed by atoms with E-state index in [2.05, 4.69) is 9.97 Å². The van der Waals surface area contributed by atoms with Gasteiger partial charge >= 0.3 is 5.97 Å². The van der Waals surface area contributed by atoms with Crippen LogP contribution in [0.15, 0.2) is 36.5 Å². The number of carbonyl (C=O) groups is 2. The van der Waals surface area contributed by atoms with Crippen LogP contribution in [-0.4, -0.2) is 57.7 Å². The van der Waals surface area contributed by atoms with Gasteiger partial charge in [0.15, 0.2) is 5.82 Å². The fraction of sp³-hybridized carbons (Fsp3) is 0.455. The molecule has 1 aromatic heterocycles. The van der Waals surface area contributed by atoms with Gasteiger partial charge in [0.25, 0.3) is 5.91 Å². The number of hydrogen-bond acceptors (Lipinski definition) is 5. The topological polar surface area (TPSA) is 92.6 Å². The molecule has 2 aliphatic heterocycles. The number of carboxylic acid groups (broad SMARTS) is 1. The van der Waals surface area contributed by atoms with E-state index in [1.807, 2.05) is 42.2 Å². The Morgan fingerprint density at radius 2 is 1.86 bits per heavy atom. The van der Waals surface area contributed by atoms with Gasteiger partial charge in [0.2, 0.25) is 0 Å². The summed E-state index contributed by atoms with van der Waals surface area (Å²) in [5, 5.41) is 9.38. The third-order valence-corrected chi connectivity index (χ3v) is 5.99. The summed E-state index contributed by atoms with van der Waals surface area (Å²) >= 11 is 0. The maximum absolute atomic E-state index is 13.0. The molecule has 1 N–H and O–H groups in total. The van der Waals surface area contributed by atoms with E-state index in [4.69, 9.17) is 4.74 Å². The average molecular weight is 395 g/mol. The van der Waals surface area contributed by atoms with Crippen LogP contribution in [0.4, 0.5) is 0 Å².